The number of fused-ring (bicyclic) bond motifs is 1. The second kappa shape index (κ2) is 7.95. The molecule has 0 saturated carbocycles. The molecule has 0 aliphatic carbocycles. The first-order valence-corrected chi connectivity index (χ1v) is 9.71. The Hall–Kier alpha value is -1.65. The number of carbonyl (C=O) groups is 1. The highest BCUT2D eigenvalue weighted by Gasteiger charge is 2.32. The second-order valence-corrected chi connectivity index (χ2v) is 7.48. The Balaban J connectivity index is 1.82. The van der Waals surface area contributed by atoms with Crippen LogP contribution in [-0.4, -0.2) is 30.4 Å². The summed E-state index contributed by atoms with van der Waals surface area (Å²) in [6, 6.07) is 10.8. The standard InChI is InChI=1S/C20H26N2OS/c1-3-4-11-21-14-19(23)22-12-9-18-17(10-13-24-18)20(22)16-7-5-15(2)6-8-16/h5-8,10,13,20-21H,3-4,9,11-12,14H2,1-2H3/t20-/m0/s1. The van der Waals surface area contributed by atoms with Gasteiger partial charge in [-0.05, 0) is 48.9 Å². The summed E-state index contributed by atoms with van der Waals surface area (Å²) in [4.78, 5) is 16.3. The molecular weight excluding hydrogens is 316 g/mol. The van der Waals surface area contributed by atoms with Crippen molar-refractivity contribution in [3.8, 4) is 0 Å². The van der Waals surface area contributed by atoms with E-state index < -0.39 is 0 Å². The summed E-state index contributed by atoms with van der Waals surface area (Å²) in [6.07, 6.45) is 3.23. The number of aryl methyl sites for hydroxylation is 1. The summed E-state index contributed by atoms with van der Waals surface area (Å²) >= 11 is 1.81. The summed E-state index contributed by atoms with van der Waals surface area (Å²) in [5.74, 6) is 0.202. The first-order valence-electron chi connectivity index (χ1n) is 8.83. The summed E-state index contributed by atoms with van der Waals surface area (Å²) in [6.45, 7) is 6.41. The third-order valence-corrected chi connectivity index (χ3v) is 5.66. The van der Waals surface area contributed by atoms with Crippen molar-refractivity contribution in [1.29, 1.82) is 0 Å². The minimum Gasteiger partial charge on any atom is -0.330 e. The third kappa shape index (κ3) is 3.70. The van der Waals surface area contributed by atoms with Crippen LogP contribution in [0.25, 0.3) is 0 Å². The van der Waals surface area contributed by atoms with Gasteiger partial charge in [-0.3, -0.25) is 4.79 Å². The number of unbranched alkanes of at least 4 members (excludes halogenated alkanes) is 1. The van der Waals surface area contributed by atoms with Gasteiger partial charge in [0.2, 0.25) is 5.91 Å². The van der Waals surface area contributed by atoms with E-state index in [1.165, 1.54) is 21.6 Å². The van der Waals surface area contributed by atoms with E-state index in [1.807, 2.05) is 11.3 Å². The van der Waals surface area contributed by atoms with Crippen molar-refractivity contribution < 1.29 is 4.79 Å². The van der Waals surface area contributed by atoms with E-state index >= 15 is 0 Å². The predicted molar refractivity (Wildman–Crippen MR) is 101 cm³/mol. The zero-order valence-corrected chi connectivity index (χ0v) is 15.4. The van der Waals surface area contributed by atoms with Crippen molar-refractivity contribution in [2.45, 2.75) is 39.2 Å². The highest BCUT2D eigenvalue weighted by Crippen LogP contribution is 2.37. The number of nitrogens with zero attached hydrogens (tertiary/aromatic N) is 1. The van der Waals surface area contributed by atoms with Gasteiger partial charge in [-0.15, -0.1) is 11.3 Å². The minimum atomic E-state index is 0.0566. The summed E-state index contributed by atoms with van der Waals surface area (Å²) in [7, 11) is 0. The van der Waals surface area contributed by atoms with Gasteiger partial charge in [0.15, 0.2) is 0 Å². The maximum atomic E-state index is 12.8. The molecule has 1 N–H and O–H groups in total. The molecular formula is C20H26N2OS. The molecule has 2 aromatic rings. The normalized spacial score (nSPS) is 16.9. The number of hydrogen-bond donors (Lipinski definition) is 1. The molecule has 1 amide bonds. The molecule has 4 heteroatoms. The molecule has 1 aromatic carbocycles. The lowest BCUT2D eigenvalue weighted by Gasteiger charge is -2.36. The molecule has 1 aliphatic heterocycles. The van der Waals surface area contributed by atoms with Crippen molar-refractivity contribution >= 4 is 17.2 Å². The Kier molecular flexibility index (Phi) is 5.69. The average Bonchev–Trinajstić information content (AvgIpc) is 3.07. The van der Waals surface area contributed by atoms with Gasteiger partial charge in [0.05, 0.1) is 12.6 Å². The first kappa shape index (κ1) is 17.2. The highest BCUT2D eigenvalue weighted by molar-refractivity contribution is 7.10. The lowest BCUT2D eigenvalue weighted by molar-refractivity contribution is -0.132. The van der Waals surface area contributed by atoms with Crippen LogP contribution in [0.1, 0.15) is 47.4 Å². The van der Waals surface area contributed by atoms with Crippen molar-refractivity contribution in [2.75, 3.05) is 19.6 Å². The van der Waals surface area contributed by atoms with E-state index in [-0.39, 0.29) is 11.9 Å². The van der Waals surface area contributed by atoms with Gasteiger partial charge in [0, 0.05) is 11.4 Å². The molecule has 0 bridgehead atoms. The van der Waals surface area contributed by atoms with E-state index in [1.54, 1.807) is 0 Å². The Morgan fingerprint density at radius 1 is 1.29 bits per heavy atom. The van der Waals surface area contributed by atoms with Gasteiger partial charge in [-0.25, -0.2) is 0 Å². The maximum Gasteiger partial charge on any atom is 0.237 e. The van der Waals surface area contributed by atoms with Crippen molar-refractivity contribution in [1.82, 2.24) is 10.2 Å². The smallest absolute Gasteiger partial charge is 0.237 e. The van der Waals surface area contributed by atoms with Crippen molar-refractivity contribution in [3.63, 3.8) is 0 Å². The number of thiophene rings is 1. The van der Waals surface area contributed by atoms with Crippen LogP contribution in [0.2, 0.25) is 0 Å². The molecule has 0 spiro atoms. The zero-order chi connectivity index (χ0) is 16.9. The molecule has 0 radical (unpaired) electrons. The number of carbonyl (C=O) groups excluding carboxylic acids is 1. The highest BCUT2D eigenvalue weighted by atomic mass is 32.1. The lowest BCUT2D eigenvalue weighted by atomic mass is 9.92. The number of benzene rings is 1. The topological polar surface area (TPSA) is 32.3 Å². The van der Waals surface area contributed by atoms with E-state index in [0.717, 1.165) is 32.4 Å². The van der Waals surface area contributed by atoms with Gasteiger partial charge >= 0.3 is 0 Å². The van der Waals surface area contributed by atoms with Crippen LogP contribution in [0.5, 0.6) is 0 Å². The summed E-state index contributed by atoms with van der Waals surface area (Å²) in [5.41, 5.74) is 3.76. The number of nitrogens with one attached hydrogen (secondary N) is 1. The zero-order valence-electron chi connectivity index (χ0n) is 14.5. The van der Waals surface area contributed by atoms with Gasteiger partial charge in [-0.2, -0.15) is 0 Å². The van der Waals surface area contributed by atoms with Crippen LogP contribution >= 0.6 is 11.3 Å². The number of hydrogen-bond acceptors (Lipinski definition) is 3. The molecule has 0 unspecified atom stereocenters. The third-order valence-electron chi connectivity index (χ3n) is 4.66. The Bertz CT molecular complexity index is 677. The van der Waals surface area contributed by atoms with Gasteiger partial charge in [0.25, 0.3) is 0 Å². The maximum absolute atomic E-state index is 12.8. The van der Waals surface area contributed by atoms with Gasteiger partial charge in [0.1, 0.15) is 0 Å². The molecule has 2 heterocycles. The molecule has 3 rings (SSSR count). The fourth-order valence-electron chi connectivity index (χ4n) is 3.29. The predicted octanol–water partition coefficient (Wildman–Crippen LogP) is 3.92. The second-order valence-electron chi connectivity index (χ2n) is 6.48. The van der Waals surface area contributed by atoms with Crippen LogP contribution in [0, 0.1) is 6.92 Å². The molecule has 1 atom stereocenters. The summed E-state index contributed by atoms with van der Waals surface area (Å²) in [5, 5.41) is 5.45. The molecule has 0 saturated heterocycles. The average molecular weight is 343 g/mol. The van der Waals surface area contributed by atoms with Crippen molar-refractivity contribution in [3.05, 3.63) is 57.3 Å². The fraction of sp³-hybridized carbons (Fsp3) is 0.450. The summed E-state index contributed by atoms with van der Waals surface area (Å²) < 4.78 is 0. The first-order chi connectivity index (χ1) is 11.7. The SMILES string of the molecule is CCCCNCC(=O)N1CCc2sccc2[C@@H]1c1ccc(C)cc1. The molecule has 0 fully saturated rings. The lowest BCUT2D eigenvalue weighted by Crippen LogP contribution is -2.44. The van der Waals surface area contributed by atoms with E-state index in [4.69, 9.17) is 0 Å². The minimum absolute atomic E-state index is 0.0566. The number of amides is 1. The molecule has 1 aromatic heterocycles. The monoisotopic (exact) mass is 342 g/mol. The van der Waals surface area contributed by atoms with Crippen molar-refractivity contribution in [2.24, 2.45) is 0 Å². The van der Waals surface area contributed by atoms with Crippen LogP contribution in [-0.2, 0) is 11.2 Å². The van der Waals surface area contributed by atoms with Crippen LogP contribution in [0.15, 0.2) is 35.7 Å². The Morgan fingerprint density at radius 3 is 2.83 bits per heavy atom. The Morgan fingerprint density at radius 2 is 2.08 bits per heavy atom. The molecule has 128 valence electrons. The largest absolute Gasteiger partial charge is 0.330 e. The quantitative estimate of drug-likeness (QED) is 0.807. The van der Waals surface area contributed by atoms with E-state index in [2.05, 4.69) is 59.8 Å². The van der Waals surface area contributed by atoms with Gasteiger partial charge in [-0.1, -0.05) is 43.2 Å². The Labute approximate surface area is 148 Å². The van der Waals surface area contributed by atoms with Gasteiger partial charge < -0.3 is 10.2 Å². The number of rotatable bonds is 6. The molecule has 1 aliphatic rings. The van der Waals surface area contributed by atoms with E-state index in [0.29, 0.717) is 6.54 Å². The van der Waals surface area contributed by atoms with E-state index in [9.17, 15) is 4.79 Å². The molecule has 24 heavy (non-hydrogen) atoms. The fourth-order valence-corrected chi connectivity index (χ4v) is 4.20. The van der Waals surface area contributed by atoms with Crippen LogP contribution < -0.4 is 5.32 Å². The molecule has 3 nitrogen and oxygen atoms in total. The van der Waals surface area contributed by atoms with Crippen LogP contribution in [0.3, 0.4) is 0 Å². The van der Waals surface area contributed by atoms with Crippen LogP contribution in [0.4, 0.5) is 0 Å².